The standard InChI is InChI=1S/C19H18F6/c1-3-13-9-5-7-11-15(13)17(18(20,21)22,19(23,24)25)16-12-8-6-10-14(16)4-2/h5-12H,3-4H2,1-2H3. The molecule has 136 valence electrons. The molecule has 0 atom stereocenters. The fraction of sp³-hybridized carbons (Fsp3) is 0.368. The van der Waals surface area contributed by atoms with Crippen LogP contribution in [-0.2, 0) is 18.3 Å². The first-order valence-corrected chi connectivity index (χ1v) is 7.91. The molecule has 0 aliphatic heterocycles. The number of hydrogen-bond donors (Lipinski definition) is 0. The summed E-state index contributed by atoms with van der Waals surface area (Å²) in [7, 11) is 0. The third kappa shape index (κ3) is 3.02. The Hall–Kier alpha value is -1.98. The number of aryl methyl sites for hydroxylation is 2. The second kappa shape index (κ2) is 6.73. The smallest absolute Gasteiger partial charge is 0.169 e. The van der Waals surface area contributed by atoms with Crippen LogP contribution in [0, 0.1) is 0 Å². The van der Waals surface area contributed by atoms with Crippen molar-refractivity contribution in [3.63, 3.8) is 0 Å². The Morgan fingerprint density at radius 2 is 0.920 bits per heavy atom. The van der Waals surface area contributed by atoms with Crippen molar-refractivity contribution < 1.29 is 26.3 Å². The highest BCUT2D eigenvalue weighted by molar-refractivity contribution is 5.50. The monoisotopic (exact) mass is 360 g/mol. The first kappa shape index (κ1) is 19.3. The second-order valence-corrected chi connectivity index (χ2v) is 5.77. The molecular weight excluding hydrogens is 342 g/mol. The van der Waals surface area contributed by atoms with E-state index in [0.717, 1.165) is 12.1 Å². The third-order valence-electron chi connectivity index (χ3n) is 4.45. The molecule has 0 aromatic heterocycles. The lowest BCUT2D eigenvalue weighted by atomic mass is 9.69. The highest BCUT2D eigenvalue weighted by atomic mass is 19.4. The lowest BCUT2D eigenvalue weighted by molar-refractivity contribution is -0.289. The van der Waals surface area contributed by atoms with E-state index in [1.165, 1.54) is 36.4 Å². The zero-order chi connectivity index (χ0) is 18.9. The van der Waals surface area contributed by atoms with E-state index in [4.69, 9.17) is 0 Å². The van der Waals surface area contributed by atoms with Crippen molar-refractivity contribution in [1.29, 1.82) is 0 Å². The highest BCUT2D eigenvalue weighted by Gasteiger charge is 2.73. The molecule has 25 heavy (non-hydrogen) atoms. The Balaban J connectivity index is 3.04. The maximum absolute atomic E-state index is 14.2. The van der Waals surface area contributed by atoms with Crippen LogP contribution in [0.1, 0.15) is 36.1 Å². The molecule has 0 aliphatic carbocycles. The van der Waals surface area contributed by atoms with E-state index >= 15 is 0 Å². The zero-order valence-corrected chi connectivity index (χ0v) is 13.8. The van der Waals surface area contributed by atoms with E-state index in [-0.39, 0.29) is 24.0 Å². The van der Waals surface area contributed by atoms with Crippen LogP contribution < -0.4 is 0 Å². The fourth-order valence-corrected chi connectivity index (χ4v) is 3.31. The van der Waals surface area contributed by atoms with Gasteiger partial charge >= 0.3 is 12.4 Å². The van der Waals surface area contributed by atoms with Gasteiger partial charge in [0.15, 0.2) is 0 Å². The van der Waals surface area contributed by atoms with Crippen LogP contribution in [0.15, 0.2) is 48.5 Å². The SMILES string of the molecule is CCc1ccccc1C(c1ccccc1CC)(C(F)(F)F)C(F)(F)F. The first-order valence-electron chi connectivity index (χ1n) is 7.91. The van der Waals surface area contributed by atoms with Crippen LogP contribution in [0.25, 0.3) is 0 Å². The zero-order valence-electron chi connectivity index (χ0n) is 13.8. The Bertz CT molecular complexity index is 664. The van der Waals surface area contributed by atoms with E-state index in [1.54, 1.807) is 13.8 Å². The van der Waals surface area contributed by atoms with Crippen LogP contribution >= 0.6 is 0 Å². The van der Waals surface area contributed by atoms with Gasteiger partial charge in [-0.2, -0.15) is 26.3 Å². The van der Waals surface area contributed by atoms with Crippen molar-refractivity contribution in [2.75, 3.05) is 0 Å². The molecule has 0 nitrogen and oxygen atoms in total. The Morgan fingerprint density at radius 3 is 1.20 bits per heavy atom. The van der Waals surface area contributed by atoms with Crippen LogP contribution in [0.3, 0.4) is 0 Å². The van der Waals surface area contributed by atoms with Crippen molar-refractivity contribution in [2.24, 2.45) is 0 Å². The minimum Gasteiger partial charge on any atom is -0.169 e. The molecule has 0 saturated heterocycles. The number of benzene rings is 2. The van der Waals surface area contributed by atoms with Gasteiger partial charge in [0.2, 0.25) is 5.41 Å². The van der Waals surface area contributed by atoms with Gasteiger partial charge < -0.3 is 0 Å². The third-order valence-corrected chi connectivity index (χ3v) is 4.45. The van der Waals surface area contributed by atoms with Gasteiger partial charge in [-0.25, -0.2) is 0 Å². The molecular formula is C19H18F6. The molecule has 0 N–H and O–H groups in total. The van der Waals surface area contributed by atoms with Gasteiger partial charge in [-0.1, -0.05) is 62.4 Å². The minimum absolute atomic E-state index is 0.0306. The fourth-order valence-electron chi connectivity index (χ4n) is 3.31. The molecule has 0 aliphatic rings. The minimum atomic E-state index is -5.54. The van der Waals surface area contributed by atoms with Crippen molar-refractivity contribution in [3.8, 4) is 0 Å². The topological polar surface area (TPSA) is 0 Å². The summed E-state index contributed by atoms with van der Waals surface area (Å²) >= 11 is 0. The van der Waals surface area contributed by atoms with Crippen molar-refractivity contribution in [2.45, 2.75) is 44.5 Å². The van der Waals surface area contributed by atoms with Crippen LogP contribution in [0.4, 0.5) is 26.3 Å². The Kier molecular flexibility index (Phi) is 5.21. The normalized spacial score (nSPS) is 13.1. The quantitative estimate of drug-likeness (QED) is 0.568. The summed E-state index contributed by atoms with van der Waals surface area (Å²) in [4.78, 5) is 0. The number of hydrogen-bond acceptors (Lipinski definition) is 0. The largest absolute Gasteiger partial charge is 0.411 e. The summed E-state index contributed by atoms with van der Waals surface area (Å²) in [5, 5.41) is 0. The predicted molar refractivity (Wildman–Crippen MR) is 84.5 cm³/mol. The molecule has 0 heterocycles. The van der Waals surface area contributed by atoms with E-state index in [2.05, 4.69) is 0 Å². The Labute approximate surface area is 142 Å². The molecule has 2 aromatic carbocycles. The van der Waals surface area contributed by atoms with E-state index in [0.29, 0.717) is 0 Å². The summed E-state index contributed by atoms with van der Waals surface area (Å²) in [6.45, 7) is 3.09. The average molecular weight is 360 g/mol. The van der Waals surface area contributed by atoms with Crippen LogP contribution in [0.5, 0.6) is 0 Å². The van der Waals surface area contributed by atoms with Gasteiger partial charge in [-0.05, 0) is 35.1 Å². The van der Waals surface area contributed by atoms with E-state index in [9.17, 15) is 26.3 Å². The number of rotatable bonds is 4. The number of alkyl halides is 6. The van der Waals surface area contributed by atoms with Gasteiger partial charge in [0.05, 0.1) is 0 Å². The lowest BCUT2D eigenvalue weighted by Gasteiger charge is -2.40. The Morgan fingerprint density at radius 1 is 0.600 bits per heavy atom. The van der Waals surface area contributed by atoms with E-state index < -0.39 is 28.9 Å². The summed E-state index contributed by atoms with van der Waals surface area (Å²) in [6.07, 6.45) is -10.9. The van der Waals surface area contributed by atoms with Crippen molar-refractivity contribution in [3.05, 3.63) is 70.8 Å². The van der Waals surface area contributed by atoms with Crippen LogP contribution in [0.2, 0.25) is 0 Å². The molecule has 0 saturated carbocycles. The number of halogens is 6. The van der Waals surface area contributed by atoms with Crippen molar-refractivity contribution in [1.82, 2.24) is 0 Å². The molecule has 0 fully saturated rings. The molecule has 0 spiro atoms. The van der Waals surface area contributed by atoms with Gasteiger partial charge in [0.25, 0.3) is 0 Å². The second-order valence-electron chi connectivity index (χ2n) is 5.77. The summed E-state index contributed by atoms with van der Waals surface area (Å²) in [6, 6.07) is 9.84. The summed E-state index contributed by atoms with van der Waals surface area (Å²) < 4.78 is 84.9. The van der Waals surface area contributed by atoms with Crippen LogP contribution in [-0.4, -0.2) is 12.4 Å². The maximum Gasteiger partial charge on any atom is 0.411 e. The summed E-state index contributed by atoms with van der Waals surface area (Å²) in [5.41, 5.74) is -5.50. The molecule has 2 aromatic rings. The lowest BCUT2D eigenvalue weighted by Crippen LogP contribution is -2.55. The maximum atomic E-state index is 14.2. The molecule has 6 heteroatoms. The van der Waals surface area contributed by atoms with Gasteiger partial charge in [0, 0.05) is 0 Å². The van der Waals surface area contributed by atoms with E-state index in [1.807, 2.05) is 0 Å². The van der Waals surface area contributed by atoms with Gasteiger partial charge in [-0.3, -0.25) is 0 Å². The van der Waals surface area contributed by atoms with Crippen molar-refractivity contribution >= 4 is 0 Å². The molecule has 2 rings (SSSR count). The molecule has 0 amide bonds. The average Bonchev–Trinajstić information content (AvgIpc) is 2.53. The highest BCUT2D eigenvalue weighted by Crippen LogP contribution is 2.57. The van der Waals surface area contributed by atoms with Gasteiger partial charge in [0.1, 0.15) is 0 Å². The summed E-state index contributed by atoms with van der Waals surface area (Å²) in [5.74, 6) is 0. The first-order chi connectivity index (χ1) is 11.6. The molecule has 0 bridgehead atoms. The molecule has 0 unspecified atom stereocenters. The van der Waals surface area contributed by atoms with Gasteiger partial charge in [-0.15, -0.1) is 0 Å². The molecule has 0 radical (unpaired) electrons. The predicted octanol–water partition coefficient (Wildman–Crippen LogP) is 6.22.